The lowest BCUT2D eigenvalue weighted by atomic mass is 9.90. The van der Waals surface area contributed by atoms with Crippen molar-refractivity contribution in [3.63, 3.8) is 0 Å². The fourth-order valence-corrected chi connectivity index (χ4v) is 3.19. The molecule has 0 aliphatic carbocycles. The van der Waals surface area contributed by atoms with Crippen LogP contribution < -0.4 is 5.32 Å². The van der Waals surface area contributed by atoms with E-state index in [2.05, 4.69) is 37.9 Å². The van der Waals surface area contributed by atoms with Crippen molar-refractivity contribution in [2.75, 3.05) is 26.2 Å². The number of nitrogens with one attached hydrogen (secondary N) is 1. The summed E-state index contributed by atoms with van der Waals surface area (Å²) < 4.78 is 0. The van der Waals surface area contributed by atoms with Crippen molar-refractivity contribution in [1.29, 1.82) is 0 Å². The Morgan fingerprint density at radius 2 is 1.78 bits per heavy atom. The van der Waals surface area contributed by atoms with E-state index in [4.69, 9.17) is 0 Å². The highest BCUT2D eigenvalue weighted by Gasteiger charge is 2.26. The Morgan fingerprint density at radius 1 is 1.11 bits per heavy atom. The van der Waals surface area contributed by atoms with Gasteiger partial charge in [0.05, 0.1) is 0 Å². The Morgan fingerprint density at radius 3 is 2.28 bits per heavy atom. The molecule has 2 heteroatoms. The van der Waals surface area contributed by atoms with Gasteiger partial charge in [-0.2, -0.15) is 0 Å². The first-order valence-corrected chi connectivity index (χ1v) is 8.13. The van der Waals surface area contributed by atoms with Gasteiger partial charge in [0.2, 0.25) is 0 Å². The van der Waals surface area contributed by atoms with Crippen LogP contribution in [-0.4, -0.2) is 37.1 Å². The third-order valence-corrected chi connectivity index (χ3v) is 4.36. The van der Waals surface area contributed by atoms with Gasteiger partial charge in [-0.15, -0.1) is 0 Å². The lowest BCUT2D eigenvalue weighted by Crippen LogP contribution is -2.49. The fourth-order valence-electron chi connectivity index (χ4n) is 3.19. The van der Waals surface area contributed by atoms with Gasteiger partial charge in [-0.1, -0.05) is 40.5 Å². The number of hydrogen-bond acceptors (Lipinski definition) is 2. The molecule has 0 bridgehead atoms. The van der Waals surface area contributed by atoms with Crippen LogP contribution in [0.25, 0.3) is 0 Å². The average Bonchev–Trinajstić information content (AvgIpc) is 2.36. The van der Waals surface area contributed by atoms with E-state index in [1.807, 2.05) is 0 Å². The molecule has 0 aromatic carbocycles. The van der Waals surface area contributed by atoms with Gasteiger partial charge in [-0.25, -0.2) is 0 Å². The first kappa shape index (κ1) is 16.0. The smallest absolute Gasteiger partial charge is 0.0243 e. The minimum atomic E-state index is 0.735. The van der Waals surface area contributed by atoms with E-state index in [9.17, 15) is 0 Å². The molecule has 1 aliphatic rings. The molecule has 1 unspecified atom stereocenters. The van der Waals surface area contributed by atoms with Crippen LogP contribution in [0.1, 0.15) is 59.8 Å². The highest BCUT2D eigenvalue weighted by Crippen LogP contribution is 2.24. The molecule has 1 fully saturated rings. The number of hydrogen-bond donors (Lipinski definition) is 1. The summed E-state index contributed by atoms with van der Waals surface area (Å²) in [4.78, 5) is 2.74. The quantitative estimate of drug-likeness (QED) is 0.667. The maximum Gasteiger partial charge on any atom is 0.0243 e. The maximum atomic E-state index is 3.61. The Bertz CT molecular complexity index is 195. The summed E-state index contributed by atoms with van der Waals surface area (Å²) in [6.45, 7) is 14.3. The first-order valence-electron chi connectivity index (χ1n) is 8.13. The fraction of sp³-hybridized carbons (Fsp3) is 1.00. The molecular weight excluding hydrogens is 220 g/mol. The van der Waals surface area contributed by atoms with Crippen LogP contribution in [0.15, 0.2) is 0 Å². The van der Waals surface area contributed by atoms with Crippen molar-refractivity contribution in [3.05, 3.63) is 0 Å². The molecular formula is C16H34N2. The van der Waals surface area contributed by atoms with Crippen molar-refractivity contribution in [1.82, 2.24) is 10.2 Å². The predicted molar refractivity (Wildman–Crippen MR) is 81.0 cm³/mol. The van der Waals surface area contributed by atoms with Crippen LogP contribution in [0.2, 0.25) is 0 Å². The summed E-state index contributed by atoms with van der Waals surface area (Å²) in [6, 6.07) is 0.735. The second-order valence-corrected chi connectivity index (χ2v) is 6.28. The Hall–Kier alpha value is -0.0800. The number of nitrogens with zero attached hydrogens (tertiary/aromatic N) is 1. The topological polar surface area (TPSA) is 15.3 Å². The molecule has 2 nitrogen and oxygen atoms in total. The third-order valence-electron chi connectivity index (χ3n) is 4.36. The van der Waals surface area contributed by atoms with Crippen LogP contribution in [0.5, 0.6) is 0 Å². The Balaban J connectivity index is 2.35. The summed E-state index contributed by atoms with van der Waals surface area (Å²) in [5.41, 5.74) is 0. The SMILES string of the molecule is CCCNCC(C(C)C)N1CCC(CCC)CC1. The molecule has 1 aliphatic heterocycles. The van der Waals surface area contributed by atoms with E-state index in [-0.39, 0.29) is 0 Å². The molecule has 0 radical (unpaired) electrons. The molecule has 0 aromatic heterocycles. The van der Waals surface area contributed by atoms with Crippen molar-refractivity contribution in [3.8, 4) is 0 Å². The third kappa shape index (κ3) is 5.27. The second kappa shape index (κ2) is 8.92. The van der Waals surface area contributed by atoms with E-state index >= 15 is 0 Å². The minimum Gasteiger partial charge on any atom is -0.315 e. The minimum absolute atomic E-state index is 0.735. The van der Waals surface area contributed by atoms with E-state index in [0.717, 1.165) is 24.4 Å². The Kier molecular flexibility index (Phi) is 7.92. The van der Waals surface area contributed by atoms with E-state index in [1.165, 1.54) is 51.7 Å². The summed E-state index contributed by atoms with van der Waals surface area (Å²) in [5.74, 6) is 1.76. The molecule has 0 aromatic rings. The van der Waals surface area contributed by atoms with Crippen molar-refractivity contribution >= 4 is 0 Å². The lowest BCUT2D eigenvalue weighted by molar-refractivity contribution is 0.100. The molecule has 1 N–H and O–H groups in total. The van der Waals surface area contributed by atoms with Crippen LogP contribution in [-0.2, 0) is 0 Å². The standard InChI is InChI=1S/C16H34N2/c1-5-7-15-8-11-18(12-9-15)16(14(3)4)13-17-10-6-2/h14-17H,5-13H2,1-4H3. The summed E-state index contributed by atoms with van der Waals surface area (Å²) >= 11 is 0. The van der Waals surface area contributed by atoms with Gasteiger partial charge >= 0.3 is 0 Å². The molecule has 0 amide bonds. The average molecular weight is 254 g/mol. The lowest BCUT2D eigenvalue weighted by Gasteiger charge is -2.39. The molecule has 18 heavy (non-hydrogen) atoms. The van der Waals surface area contributed by atoms with Gasteiger partial charge in [-0.05, 0) is 50.7 Å². The number of likely N-dealkylation sites (tertiary alicyclic amines) is 1. The number of piperidine rings is 1. The zero-order valence-corrected chi connectivity index (χ0v) is 13.0. The van der Waals surface area contributed by atoms with E-state index < -0.39 is 0 Å². The van der Waals surface area contributed by atoms with Crippen molar-refractivity contribution in [2.24, 2.45) is 11.8 Å². The zero-order valence-electron chi connectivity index (χ0n) is 13.0. The van der Waals surface area contributed by atoms with Gasteiger partial charge in [0.1, 0.15) is 0 Å². The molecule has 108 valence electrons. The normalized spacial score (nSPS) is 20.5. The van der Waals surface area contributed by atoms with Crippen LogP contribution in [0.4, 0.5) is 0 Å². The molecule has 1 heterocycles. The van der Waals surface area contributed by atoms with Crippen molar-refractivity contribution in [2.45, 2.75) is 65.8 Å². The van der Waals surface area contributed by atoms with Gasteiger partial charge in [0.15, 0.2) is 0 Å². The van der Waals surface area contributed by atoms with Gasteiger partial charge < -0.3 is 5.32 Å². The molecule has 0 spiro atoms. The molecule has 1 atom stereocenters. The van der Waals surface area contributed by atoms with Gasteiger partial charge in [0.25, 0.3) is 0 Å². The van der Waals surface area contributed by atoms with Gasteiger partial charge in [-0.3, -0.25) is 4.90 Å². The zero-order chi connectivity index (χ0) is 13.4. The van der Waals surface area contributed by atoms with Gasteiger partial charge in [0, 0.05) is 12.6 Å². The van der Waals surface area contributed by atoms with Crippen LogP contribution >= 0.6 is 0 Å². The maximum absolute atomic E-state index is 3.61. The highest BCUT2D eigenvalue weighted by molar-refractivity contribution is 4.81. The molecule has 1 rings (SSSR count). The summed E-state index contributed by atoms with van der Waals surface area (Å²) in [6.07, 6.45) is 6.88. The largest absolute Gasteiger partial charge is 0.315 e. The first-order chi connectivity index (χ1) is 8.69. The van der Waals surface area contributed by atoms with Crippen LogP contribution in [0, 0.1) is 11.8 Å². The van der Waals surface area contributed by atoms with E-state index in [0.29, 0.717) is 0 Å². The molecule has 1 saturated heterocycles. The molecule has 0 saturated carbocycles. The number of rotatable bonds is 8. The predicted octanol–water partition coefficient (Wildman–Crippen LogP) is 3.52. The summed E-state index contributed by atoms with van der Waals surface area (Å²) in [5, 5.41) is 3.61. The van der Waals surface area contributed by atoms with Crippen LogP contribution in [0.3, 0.4) is 0 Å². The highest BCUT2D eigenvalue weighted by atomic mass is 15.2. The van der Waals surface area contributed by atoms with E-state index in [1.54, 1.807) is 0 Å². The monoisotopic (exact) mass is 254 g/mol. The Labute approximate surface area is 115 Å². The second-order valence-electron chi connectivity index (χ2n) is 6.28. The summed E-state index contributed by atoms with van der Waals surface area (Å²) in [7, 11) is 0. The van der Waals surface area contributed by atoms with Crippen molar-refractivity contribution < 1.29 is 0 Å².